The molecule has 0 unspecified atom stereocenters. The predicted octanol–water partition coefficient (Wildman–Crippen LogP) is 3.40. The molecule has 0 bridgehead atoms. The lowest BCUT2D eigenvalue weighted by Gasteiger charge is -2.31. The van der Waals surface area contributed by atoms with Crippen molar-refractivity contribution in [2.45, 2.75) is 33.1 Å². The van der Waals surface area contributed by atoms with Gasteiger partial charge in [0.2, 0.25) is 0 Å². The van der Waals surface area contributed by atoms with Gasteiger partial charge in [0, 0.05) is 13.1 Å². The summed E-state index contributed by atoms with van der Waals surface area (Å²) in [5, 5.41) is 0. The van der Waals surface area contributed by atoms with Crippen LogP contribution in [0.1, 0.15) is 42.1 Å². The topological polar surface area (TPSA) is 20.3 Å². The number of amides is 1. The summed E-state index contributed by atoms with van der Waals surface area (Å²) in [6.45, 7) is 5.52. The minimum Gasteiger partial charge on any atom is -0.339 e. The summed E-state index contributed by atoms with van der Waals surface area (Å²) in [4.78, 5) is 14.0. The smallest absolute Gasteiger partial charge is 0.256 e. The van der Waals surface area contributed by atoms with E-state index in [2.05, 4.69) is 6.92 Å². The lowest BCUT2D eigenvalue weighted by Crippen LogP contribution is -2.38. The molecule has 1 aromatic rings. The van der Waals surface area contributed by atoms with Gasteiger partial charge in [-0.2, -0.15) is 0 Å². The fourth-order valence-corrected chi connectivity index (χ4v) is 2.51. The van der Waals surface area contributed by atoms with E-state index in [4.69, 9.17) is 0 Å². The molecule has 98 valence electrons. The maximum atomic E-state index is 13.8. The number of aryl methyl sites for hydroxylation is 1. The Morgan fingerprint density at radius 1 is 1.39 bits per heavy atom. The number of rotatable bonds is 2. The van der Waals surface area contributed by atoms with Gasteiger partial charge in [0.1, 0.15) is 5.82 Å². The molecule has 0 aromatic heterocycles. The van der Waals surface area contributed by atoms with Crippen LogP contribution in [0.5, 0.6) is 0 Å². The maximum Gasteiger partial charge on any atom is 0.256 e. The zero-order valence-electron chi connectivity index (χ0n) is 11.1. The normalized spacial score (nSPS) is 16.9. The van der Waals surface area contributed by atoms with Crippen molar-refractivity contribution < 1.29 is 9.18 Å². The van der Waals surface area contributed by atoms with Crippen molar-refractivity contribution in [3.63, 3.8) is 0 Å². The van der Waals surface area contributed by atoms with Crippen LogP contribution >= 0.6 is 0 Å². The fourth-order valence-electron chi connectivity index (χ4n) is 2.51. The molecule has 0 saturated carbocycles. The molecule has 0 aliphatic carbocycles. The van der Waals surface area contributed by atoms with Crippen molar-refractivity contribution in [2.24, 2.45) is 5.92 Å². The van der Waals surface area contributed by atoms with Crippen molar-refractivity contribution in [2.75, 3.05) is 13.1 Å². The molecular formula is C15H20FNO. The highest BCUT2D eigenvalue weighted by atomic mass is 19.1. The van der Waals surface area contributed by atoms with Gasteiger partial charge >= 0.3 is 0 Å². The van der Waals surface area contributed by atoms with Gasteiger partial charge in [0.05, 0.1) is 5.56 Å². The maximum absolute atomic E-state index is 13.8. The zero-order chi connectivity index (χ0) is 13.1. The summed E-state index contributed by atoms with van der Waals surface area (Å²) < 4.78 is 13.8. The van der Waals surface area contributed by atoms with E-state index in [9.17, 15) is 9.18 Å². The molecule has 0 N–H and O–H groups in total. The van der Waals surface area contributed by atoms with Gasteiger partial charge in [-0.15, -0.1) is 0 Å². The second-order valence-corrected chi connectivity index (χ2v) is 5.13. The molecule has 0 radical (unpaired) electrons. The van der Waals surface area contributed by atoms with Crippen LogP contribution in [-0.4, -0.2) is 23.9 Å². The minimum atomic E-state index is -0.405. The third-order valence-corrected chi connectivity index (χ3v) is 3.83. The molecule has 1 fully saturated rings. The van der Waals surface area contributed by atoms with Gasteiger partial charge in [-0.1, -0.05) is 19.4 Å². The number of carbonyl (C=O) groups excluding carboxylic acids is 1. The standard InChI is InChI=1S/C15H20FNO/c1-3-12-6-8-17(9-7-12)15(18)13-5-4-11(2)10-14(13)16/h4-5,10,12H,3,6-9H2,1-2H3. The molecular weight excluding hydrogens is 229 g/mol. The number of hydrogen-bond acceptors (Lipinski definition) is 1. The van der Waals surface area contributed by atoms with Crippen LogP contribution in [0.3, 0.4) is 0 Å². The van der Waals surface area contributed by atoms with E-state index in [1.54, 1.807) is 17.0 Å². The van der Waals surface area contributed by atoms with Crippen LogP contribution < -0.4 is 0 Å². The Morgan fingerprint density at radius 2 is 2.06 bits per heavy atom. The number of likely N-dealkylation sites (tertiary alicyclic amines) is 1. The van der Waals surface area contributed by atoms with Crippen molar-refractivity contribution in [3.8, 4) is 0 Å². The molecule has 1 aromatic carbocycles. The SMILES string of the molecule is CCC1CCN(C(=O)c2ccc(C)cc2F)CC1. The van der Waals surface area contributed by atoms with E-state index in [1.807, 2.05) is 6.92 Å². The van der Waals surface area contributed by atoms with Crippen molar-refractivity contribution in [3.05, 3.63) is 35.1 Å². The van der Waals surface area contributed by atoms with Gasteiger partial charge in [-0.05, 0) is 43.4 Å². The first-order valence-electron chi connectivity index (χ1n) is 6.67. The Kier molecular flexibility index (Phi) is 4.00. The first-order chi connectivity index (χ1) is 8.61. The summed E-state index contributed by atoms with van der Waals surface area (Å²) >= 11 is 0. The summed E-state index contributed by atoms with van der Waals surface area (Å²) in [5.41, 5.74) is 1.05. The van der Waals surface area contributed by atoms with Crippen LogP contribution in [0, 0.1) is 18.7 Å². The molecule has 1 amide bonds. The fraction of sp³-hybridized carbons (Fsp3) is 0.533. The number of nitrogens with zero attached hydrogens (tertiary/aromatic N) is 1. The highest BCUT2D eigenvalue weighted by Gasteiger charge is 2.24. The van der Waals surface area contributed by atoms with E-state index in [0.29, 0.717) is 0 Å². The molecule has 0 atom stereocenters. The largest absolute Gasteiger partial charge is 0.339 e. The predicted molar refractivity (Wildman–Crippen MR) is 70.1 cm³/mol. The second-order valence-electron chi connectivity index (χ2n) is 5.13. The number of hydrogen-bond donors (Lipinski definition) is 0. The van der Waals surface area contributed by atoms with Crippen molar-refractivity contribution >= 4 is 5.91 Å². The average molecular weight is 249 g/mol. The zero-order valence-corrected chi connectivity index (χ0v) is 11.1. The van der Waals surface area contributed by atoms with E-state index in [-0.39, 0.29) is 11.5 Å². The summed E-state index contributed by atoms with van der Waals surface area (Å²) in [6.07, 6.45) is 3.24. The van der Waals surface area contributed by atoms with E-state index >= 15 is 0 Å². The average Bonchev–Trinajstić information content (AvgIpc) is 2.38. The van der Waals surface area contributed by atoms with Gasteiger partial charge < -0.3 is 4.90 Å². The van der Waals surface area contributed by atoms with E-state index in [1.165, 1.54) is 12.5 Å². The number of carbonyl (C=O) groups is 1. The monoisotopic (exact) mass is 249 g/mol. The molecule has 1 heterocycles. The van der Waals surface area contributed by atoms with E-state index < -0.39 is 5.82 Å². The number of benzene rings is 1. The Bertz CT molecular complexity index is 436. The Morgan fingerprint density at radius 3 is 2.61 bits per heavy atom. The molecule has 1 aliphatic heterocycles. The molecule has 1 aliphatic rings. The summed E-state index contributed by atoms with van der Waals surface area (Å²) in [6, 6.07) is 4.81. The Hall–Kier alpha value is -1.38. The molecule has 0 spiro atoms. The van der Waals surface area contributed by atoms with Crippen LogP contribution in [0.25, 0.3) is 0 Å². The second kappa shape index (κ2) is 5.51. The molecule has 1 saturated heterocycles. The van der Waals surface area contributed by atoms with Crippen molar-refractivity contribution in [1.29, 1.82) is 0 Å². The van der Waals surface area contributed by atoms with Crippen LogP contribution in [0.2, 0.25) is 0 Å². The summed E-state index contributed by atoms with van der Waals surface area (Å²) in [7, 11) is 0. The molecule has 2 rings (SSSR count). The molecule has 2 nitrogen and oxygen atoms in total. The first kappa shape index (κ1) is 13.1. The number of piperidine rings is 1. The third kappa shape index (κ3) is 2.71. The van der Waals surface area contributed by atoms with Gasteiger partial charge in [0.15, 0.2) is 0 Å². The minimum absolute atomic E-state index is 0.165. The van der Waals surface area contributed by atoms with Crippen molar-refractivity contribution in [1.82, 2.24) is 4.90 Å². The Labute approximate surface area is 108 Å². The third-order valence-electron chi connectivity index (χ3n) is 3.83. The van der Waals surface area contributed by atoms with Gasteiger partial charge in [0.25, 0.3) is 5.91 Å². The van der Waals surface area contributed by atoms with Gasteiger partial charge in [-0.25, -0.2) is 4.39 Å². The Balaban J connectivity index is 2.08. The van der Waals surface area contributed by atoms with Crippen LogP contribution in [0.15, 0.2) is 18.2 Å². The van der Waals surface area contributed by atoms with Gasteiger partial charge in [-0.3, -0.25) is 4.79 Å². The van der Waals surface area contributed by atoms with Crippen LogP contribution in [-0.2, 0) is 0 Å². The van der Waals surface area contributed by atoms with Crippen LogP contribution in [0.4, 0.5) is 4.39 Å². The number of halogens is 1. The van der Waals surface area contributed by atoms with E-state index in [0.717, 1.165) is 37.4 Å². The molecule has 18 heavy (non-hydrogen) atoms. The highest BCUT2D eigenvalue weighted by molar-refractivity contribution is 5.94. The highest BCUT2D eigenvalue weighted by Crippen LogP contribution is 2.22. The summed E-state index contributed by atoms with van der Waals surface area (Å²) in [5.74, 6) is 0.150. The molecule has 3 heteroatoms. The lowest BCUT2D eigenvalue weighted by molar-refractivity contribution is 0.0684. The first-order valence-corrected chi connectivity index (χ1v) is 6.67. The lowest BCUT2D eigenvalue weighted by atomic mass is 9.94. The quantitative estimate of drug-likeness (QED) is 0.786.